The first-order valence-electron chi connectivity index (χ1n) is 8.46. The van der Waals surface area contributed by atoms with Gasteiger partial charge in [-0.1, -0.05) is 0 Å². The standard InChI is InChI=1S/C20H15N4O2/c25-23-17-5-7-19(23)12-20-8-6-18(24(20)26)11-16-4-2-14(22-16)9-13-1-3-15(10-17)21-13/h1-5,7,9-12,22H,6,8H2/q-1. The van der Waals surface area contributed by atoms with Gasteiger partial charge < -0.3 is 20.1 Å². The zero-order chi connectivity index (χ0) is 17.7. The number of aromatic amines is 1. The van der Waals surface area contributed by atoms with Gasteiger partial charge in [0.1, 0.15) is 0 Å². The lowest BCUT2D eigenvalue weighted by Gasteiger charge is -2.08. The van der Waals surface area contributed by atoms with Crippen LogP contribution in [-0.4, -0.2) is 14.7 Å². The van der Waals surface area contributed by atoms with E-state index >= 15 is 0 Å². The molecule has 5 rings (SSSR count). The van der Waals surface area contributed by atoms with Gasteiger partial charge in [0.25, 0.3) is 0 Å². The maximum Gasteiger partial charge on any atom is 0.195 e. The van der Waals surface area contributed by atoms with E-state index in [9.17, 15) is 10.4 Å². The van der Waals surface area contributed by atoms with Crippen molar-refractivity contribution in [3.63, 3.8) is 0 Å². The lowest BCUT2D eigenvalue weighted by Crippen LogP contribution is -2.29. The van der Waals surface area contributed by atoms with Crippen molar-refractivity contribution in [2.24, 2.45) is 0 Å². The van der Waals surface area contributed by atoms with E-state index in [1.54, 1.807) is 24.3 Å². The molecule has 0 aliphatic carbocycles. The fourth-order valence-corrected chi connectivity index (χ4v) is 3.39. The summed E-state index contributed by atoms with van der Waals surface area (Å²) in [4.78, 5) is 7.81. The fraction of sp³-hybridized carbons (Fsp3) is 0.100. The van der Waals surface area contributed by atoms with E-state index in [-0.39, 0.29) is 0 Å². The fourth-order valence-electron chi connectivity index (χ4n) is 3.39. The van der Waals surface area contributed by atoms with E-state index in [1.807, 2.05) is 36.4 Å². The third-order valence-electron chi connectivity index (χ3n) is 4.70. The van der Waals surface area contributed by atoms with Crippen molar-refractivity contribution < 1.29 is 4.73 Å². The summed E-state index contributed by atoms with van der Waals surface area (Å²) in [6.45, 7) is 0. The summed E-state index contributed by atoms with van der Waals surface area (Å²) >= 11 is 0. The molecule has 3 aromatic heterocycles. The van der Waals surface area contributed by atoms with E-state index in [4.69, 9.17) is 0 Å². The molecule has 2 aliphatic heterocycles. The molecule has 0 saturated heterocycles. The first-order valence-corrected chi connectivity index (χ1v) is 8.46. The van der Waals surface area contributed by atoms with Gasteiger partial charge in [-0.25, -0.2) is 4.98 Å². The quantitative estimate of drug-likeness (QED) is 0.393. The number of nitrogens with one attached hydrogen (secondary N) is 1. The van der Waals surface area contributed by atoms with E-state index in [1.165, 1.54) is 0 Å². The topological polar surface area (TPSA) is 83.6 Å². The summed E-state index contributed by atoms with van der Waals surface area (Å²) in [7, 11) is 0. The van der Waals surface area contributed by atoms with Crippen LogP contribution in [0, 0.1) is 10.4 Å². The Kier molecular flexibility index (Phi) is 3.12. The van der Waals surface area contributed by atoms with Crippen molar-refractivity contribution >= 4 is 34.2 Å². The SMILES string of the molecule is [O-]n1c2ccc1cc1[n+]([O-])c(cc3ccc(cc4nc(c2)C=C4)[nH]3)CC1. The maximum atomic E-state index is 12.6. The molecule has 0 atom stereocenters. The van der Waals surface area contributed by atoms with Crippen LogP contribution < -0.4 is 4.73 Å². The summed E-state index contributed by atoms with van der Waals surface area (Å²) in [6.07, 6.45) is 5.05. The number of hydrogen-bond donors (Lipinski definition) is 1. The van der Waals surface area contributed by atoms with Gasteiger partial charge in [0.05, 0.1) is 11.4 Å². The van der Waals surface area contributed by atoms with Crippen molar-refractivity contribution in [2.75, 3.05) is 0 Å². The third-order valence-corrected chi connectivity index (χ3v) is 4.70. The van der Waals surface area contributed by atoms with E-state index in [2.05, 4.69) is 9.97 Å². The normalized spacial score (nSPS) is 13.2. The number of aryl methyl sites for hydroxylation is 2. The summed E-state index contributed by atoms with van der Waals surface area (Å²) in [6, 6.07) is 14.6. The second-order valence-corrected chi connectivity index (χ2v) is 6.50. The van der Waals surface area contributed by atoms with Crippen LogP contribution in [0.5, 0.6) is 0 Å². The van der Waals surface area contributed by atoms with Crippen molar-refractivity contribution in [3.05, 3.63) is 81.7 Å². The van der Waals surface area contributed by atoms with Crippen LogP contribution in [0.2, 0.25) is 0 Å². The highest BCUT2D eigenvalue weighted by molar-refractivity contribution is 5.75. The molecule has 0 spiro atoms. The van der Waals surface area contributed by atoms with Crippen LogP contribution in [0.15, 0.2) is 48.5 Å². The maximum absolute atomic E-state index is 12.6. The molecule has 6 nitrogen and oxygen atoms in total. The van der Waals surface area contributed by atoms with Crippen LogP contribution in [-0.2, 0) is 12.8 Å². The predicted octanol–water partition coefficient (Wildman–Crippen LogP) is 3.33. The van der Waals surface area contributed by atoms with Gasteiger partial charge in [0, 0.05) is 47.0 Å². The molecule has 1 N–H and O–H groups in total. The Balaban J connectivity index is 1.89. The highest BCUT2D eigenvalue weighted by atomic mass is 16.5. The van der Waals surface area contributed by atoms with Gasteiger partial charge in [-0.05, 0) is 48.6 Å². The molecule has 5 heterocycles. The van der Waals surface area contributed by atoms with E-state index in [0.717, 1.165) is 31.9 Å². The van der Waals surface area contributed by atoms with Gasteiger partial charge in [0.2, 0.25) is 0 Å². The highest BCUT2D eigenvalue weighted by Gasteiger charge is 2.18. The number of nitrogens with zero attached hydrogens (tertiary/aromatic N) is 3. The molecule has 0 unspecified atom stereocenters. The van der Waals surface area contributed by atoms with Crippen molar-refractivity contribution in [3.8, 4) is 0 Å². The van der Waals surface area contributed by atoms with Gasteiger partial charge >= 0.3 is 0 Å². The molecule has 8 bridgehead atoms. The third kappa shape index (κ3) is 2.43. The highest BCUT2D eigenvalue weighted by Crippen LogP contribution is 2.17. The molecule has 3 aromatic rings. The number of hydrogen-bond acceptors (Lipinski definition) is 3. The van der Waals surface area contributed by atoms with Gasteiger partial charge in [-0.3, -0.25) is 0 Å². The molecule has 0 fully saturated rings. The monoisotopic (exact) mass is 343 g/mol. The Labute approximate surface area is 148 Å². The first-order chi connectivity index (χ1) is 12.7. The summed E-state index contributed by atoms with van der Waals surface area (Å²) in [5.41, 5.74) is 5.55. The van der Waals surface area contributed by atoms with Crippen LogP contribution >= 0.6 is 0 Å². The average Bonchev–Trinajstić information content (AvgIpc) is 3.38. The first kappa shape index (κ1) is 14.8. The number of aromatic nitrogens is 4. The minimum Gasteiger partial charge on any atom is -0.805 e. The Bertz CT molecular complexity index is 1220. The molecule has 2 aliphatic rings. The Morgan fingerprint density at radius 1 is 0.846 bits per heavy atom. The second-order valence-electron chi connectivity index (χ2n) is 6.50. The summed E-state index contributed by atoms with van der Waals surface area (Å²) in [5, 5.41) is 25.1. The zero-order valence-electron chi connectivity index (χ0n) is 13.8. The Morgan fingerprint density at radius 2 is 1.46 bits per heavy atom. The minimum absolute atomic E-state index is 0.459. The van der Waals surface area contributed by atoms with Crippen LogP contribution in [0.3, 0.4) is 0 Å². The predicted molar refractivity (Wildman–Crippen MR) is 101 cm³/mol. The van der Waals surface area contributed by atoms with Crippen molar-refractivity contribution in [1.29, 1.82) is 0 Å². The number of H-pyrrole nitrogens is 1. The van der Waals surface area contributed by atoms with Crippen LogP contribution in [0.25, 0.3) is 34.2 Å². The van der Waals surface area contributed by atoms with E-state index in [0.29, 0.717) is 35.3 Å². The molecule has 0 amide bonds. The number of rotatable bonds is 0. The Morgan fingerprint density at radius 3 is 2.23 bits per heavy atom. The summed E-state index contributed by atoms with van der Waals surface area (Å²) in [5.74, 6) is 0. The van der Waals surface area contributed by atoms with Crippen LogP contribution in [0.4, 0.5) is 0 Å². The molecule has 0 saturated carbocycles. The Hall–Kier alpha value is -3.54. The second kappa shape index (κ2) is 5.49. The van der Waals surface area contributed by atoms with Gasteiger partial charge in [-0.15, -0.1) is 0 Å². The summed E-state index contributed by atoms with van der Waals surface area (Å²) < 4.78 is 1.76. The molecular weight excluding hydrogens is 328 g/mol. The molecule has 0 radical (unpaired) electrons. The minimum atomic E-state index is 0.459. The lowest BCUT2D eigenvalue weighted by atomic mass is 10.2. The molecule has 6 heteroatoms. The van der Waals surface area contributed by atoms with Gasteiger partial charge in [0.15, 0.2) is 11.4 Å². The van der Waals surface area contributed by atoms with Crippen molar-refractivity contribution in [2.45, 2.75) is 12.8 Å². The lowest BCUT2D eigenvalue weighted by molar-refractivity contribution is -0.611. The van der Waals surface area contributed by atoms with Gasteiger partial charge in [-0.2, -0.15) is 4.73 Å². The molecule has 26 heavy (non-hydrogen) atoms. The number of fused-ring (bicyclic) bond motifs is 8. The molecular formula is C20H15N4O2-. The average molecular weight is 343 g/mol. The van der Waals surface area contributed by atoms with Crippen molar-refractivity contribution in [1.82, 2.24) is 14.7 Å². The zero-order valence-corrected chi connectivity index (χ0v) is 13.8. The largest absolute Gasteiger partial charge is 0.805 e. The van der Waals surface area contributed by atoms with Crippen LogP contribution in [0.1, 0.15) is 22.8 Å². The molecule has 0 aromatic carbocycles. The molecule has 128 valence electrons. The van der Waals surface area contributed by atoms with E-state index < -0.39 is 0 Å². The smallest absolute Gasteiger partial charge is 0.195 e.